The van der Waals surface area contributed by atoms with E-state index in [4.69, 9.17) is 12.2 Å². The van der Waals surface area contributed by atoms with Crippen LogP contribution in [-0.4, -0.2) is 37.4 Å². The molecule has 1 rings (SSSR count). The summed E-state index contributed by atoms with van der Waals surface area (Å²) in [5, 5.41) is 3.22. The number of carbonyl (C=O) groups excluding carboxylic acids is 1. The third-order valence-corrected chi connectivity index (χ3v) is 4.72. The first-order valence-corrected chi connectivity index (χ1v) is 9.13. The number of aryl methyl sites for hydroxylation is 1. The molecule has 0 saturated heterocycles. The van der Waals surface area contributed by atoms with Crippen molar-refractivity contribution in [2.75, 3.05) is 7.05 Å². The van der Waals surface area contributed by atoms with Crippen molar-refractivity contribution in [3.63, 3.8) is 0 Å². The molecule has 1 N–H and O–H groups in total. The Bertz CT molecular complexity index is 752. The van der Waals surface area contributed by atoms with Gasteiger partial charge in [-0.15, -0.1) is 4.36 Å². The van der Waals surface area contributed by atoms with Crippen LogP contribution < -0.4 is 5.32 Å². The lowest BCUT2D eigenvalue weighted by Gasteiger charge is -2.31. The molecule has 1 aromatic rings. The van der Waals surface area contributed by atoms with E-state index >= 15 is 0 Å². The minimum Gasteiger partial charge on any atom is -0.365 e. The zero-order valence-corrected chi connectivity index (χ0v) is 16.2. The standard InChI is InChI=1S/C16H23N3O3S2/c1-6-11(3)19(16(23)17-5)15(20)12(4)13-8-7-10(2)14(9-13)18-24(21)22/h7-9,11-12H,6H2,1-5H3,(H,17,23). The summed E-state index contributed by atoms with van der Waals surface area (Å²) in [6.07, 6.45) is 0.768. The second kappa shape index (κ2) is 8.89. The minimum absolute atomic E-state index is 0.0383. The first-order chi connectivity index (χ1) is 11.2. The van der Waals surface area contributed by atoms with Gasteiger partial charge in [0.1, 0.15) is 0 Å². The molecule has 0 saturated carbocycles. The van der Waals surface area contributed by atoms with E-state index in [0.29, 0.717) is 16.4 Å². The normalized spacial score (nSPS) is 12.9. The maximum Gasteiger partial charge on any atom is 0.316 e. The number of carbonyl (C=O) groups is 1. The van der Waals surface area contributed by atoms with Crippen molar-refractivity contribution in [3.8, 4) is 0 Å². The van der Waals surface area contributed by atoms with Gasteiger partial charge in [0, 0.05) is 13.1 Å². The van der Waals surface area contributed by atoms with Gasteiger partial charge in [-0.25, -0.2) is 0 Å². The Morgan fingerprint density at radius 2 is 2.00 bits per heavy atom. The molecule has 1 aromatic carbocycles. The van der Waals surface area contributed by atoms with E-state index in [1.165, 1.54) is 0 Å². The fourth-order valence-corrected chi connectivity index (χ4v) is 2.87. The Balaban J connectivity index is 3.24. The van der Waals surface area contributed by atoms with Gasteiger partial charge in [0.05, 0.1) is 11.6 Å². The number of nitrogens with zero attached hydrogens (tertiary/aromatic N) is 2. The van der Waals surface area contributed by atoms with Crippen LogP contribution in [0.5, 0.6) is 0 Å². The molecule has 0 bridgehead atoms. The molecule has 2 unspecified atom stereocenters. The van der Waals surface area contributed by atoms with Crippen LogP contribution in [0.2, 0.25) is 0 Å². The Morgan fingerprint density at radius 3 is 2.50 bits per heavy atom. The van der Waals surface area contributed by atoms with Gasteiger partial charge < -0.3 is 5.32 Å². The van der Waals surface area contributed by atoms with Crippen molar-refractivity contribution in [2.45, 2.75) is 46.1 Å². The number of thiocarbonyl (C=S) groups is 1. The maximum atomic E-state index is 12.9. The monoisotopic (exact) mass is 369 g/mol. The summed E-state index contributed by atoms with van der Waals surface area (Å²) in [5.41, 5.74) is 1.76. The van der Waals surface area contributed by atoms with Crippen molar-refractivity contribution in [1.29, 1.82) is 0 Å². The van der Waals surface area contributed by atoms with Crippen LogP contribution in [0.4, 0.5) is 5.69 Å². The van der Waals surface area contributed by atoms with Gasteiger partial charge >= 0.3 is 10.5 Å². The van der Waals surface area contributed by atoms with E-state index in [-0.39, 0.29) is 11.9 Å². The highest BCUT2D eigenvalue weighted by molar-refractivity contribution is 7.80. The van der Waals surface area contributed by atoms with E-state index < -0.39 is 16.4 Å². The Kier molecular flexibility index (Phi) is 7.50. The van der Waals surface area contributed by atoms with Gasteiger partial charge in [0.2, 0.25) is 5.91 Å². The van der Waals surface area contributed by atoms with Crippen molar-refractivity contribution >= 4 is 39.4 Å². The smallest absolute Gasteiger partial charge is 0.316 e. The molecule has 0 radical (unpaired) electrons. The molecule has 8 heteroatoms. The van der Waals surface area contributed by atoms with Crippen LogP contribution in [-0.2, 0) is 15.3 Å². The topological polar surface area (TPSA) is 78.8 Å². The largest absolute Gasteiger partial charge is 0.365 e. The van der Waals surface area contributed by atoms with Gasteiger partial charge in [0.15, 0.2) is 5.11 Å². The number of nitrogens with one attached hydrogen (secondary N) is 1. The second-order valence-electron chi connectivity index (χ2n) is 5.60. The Hall–Kier alpha value is -1.80. The average molecular weight is 370 g/mol. The third-order valence-electron chi connectivity index (χ3n) is 3.98. The summed E-state index contributed by atoms with van der Waals surface area (Å²) in [6.45, 7) is 7.47. The summed E-state index contributed by atoms with van der Waals surface area (Å²) in [4.78, 5) is 14.5. The summed E-state index contributed by atoms with van der Waals surface area (Å²) in [5.74, 6) is -0.610. The van der Waals surface area contributed by atoms with Gasteiger partial charge in [0.25, 0.3) is 0 Å². The molecule has 0 aromatic heterocycles. The molecular formula is C16H23N3O3S2. The molecule has 0 spiro atoms. The lowest BCUT2D eigenvalue weighted by atomic mass is 9.97. The van der Waals surface area contributed by atoms with Crippen LogP contribution in [0, 0.1) is 6.92 Å². The molecule has 0 heterocycles. The van der Waals surface area contributed by atoms with Crippen molar-refractivity contribution in [1.82, 2.24) is 10.2 Å². The van der Waals surface area contributed by atoms with Crippen molar-refractivity contribution in [3.05, 3.63) is 29.3 Å². The molecule has 0 fully saturated rings. The number of hydrogen-bond acceptors (Lipinski definition) is 5. The van der Waals surface area contributed by atoms with E-state index in [2.05, 4.69) is 9.68 Å². The lowest BCUT2D eigenvalue weighted by molar-refractivity contribution is -0.130. The number of benzene rings is 1. The Morgan fingerprint density at radius 1 is 1.38 bits per heavy atom. The predicted molar refractivity (Wildman–Crippen MR) is 98.9 cm³/mol. The fourth-order valence-electron chi connectivity index (χ4n) is 2.25. The van der Waals surface area contributed by atoms with Gasteiger partial charge in [-0.2, -0.15) is 8.42 Å². The van der Waals surface area contributed by atoms with E-state index in [9.17, 15) is 13.2 Å². The van der Waals surface area contributed by atoms with Crippen LogP contribution in [0.3, 0.4) is 0 Å². The van der Waals surface area contributed by atoms with Crippen LogP contribution >= 0.6 is 12.2 Å². The molecular weight excluding hydrogens is 346 g/mol. The summed E-state index contributed by atoms with van der Waals surface area (Å²) < 4.78 is 25.2. The van der Waals surface area contributed by atoms with E-state index in [1.54, 1.807) is 37.9 Å². The highest BCUT2D eigenvalue weighted by Gasteiger charge is 2.28. The SMILES string of the molecule is CCC(C)N(C(=O)C(C)c1ccc(C)c(N=S(=O)=O)c1)C(=S)NC. The van der Waals surface area contributed by atoms with Crippen LogP contribution in [0.15, 0.2) is 22.6 Å². The lowest BCUT2D eigenvalue weighted by Crippen LogP contribution is -2.48. The average Bonchev–Trinajstić information content (AvgIpc) is 2.55. The second-order valence-corrected chi connectivity index (χ2v) is 6.60. The first kappa shape index (κ1) is 20.2. The van der Waals surface area contributed by atoms with E-state index in [1.807, 2.05) is 19.9 Å². The zero-order valence-electron chi connectivity index (χ0n) is 14.5. The molecule has 2 atom stereocenters. The molecule has 1 amide bonds. The summed E-state index contributed by atoms with van der Waals surface area (Å²) >= 11 is 5.26. The van der Waals surface area contributed by atoms with Gasteiger partial charge in [-0.05, 0) is 56.6 Å². The first-order valence-electron chi connectivity index (χ1n) is 7.69. The predicted octanol–water partition coefficient (Wildman–Crippen LogP) is 2.92. The molecule has 0 aliphatic carbocycles. The van der Waals surface area contributed by atoms with Crippen LogP contribution in [0.25, 0.3) is 0 Å². The molecule has 0 aliphatic rings. The van der Waals surface area contributed by atoms with Crippen molar-refractivity contribution in [2.24, 2.45) is 4.36 Å². The quantitative estimate of drug-likeness (QED) is 0.807. The summed E-state index contributed by atoms with van der Waals surface area (Å²) in [7, 11) is -0.854. The van der Waals surface area contributed by atoms with Gasteiger partial charge in [-0.3, -0.25) is 9.69 Å². The summed E-state index contributed by atoms with van der Waals surface area (Å²) in [6, 6.07) is 5.16. The highest BCUT2D eigenvalue weighted by atomic mass is 32.2. The molecule has 0 aliphatic heterocycles. The van der Waals surface area contributed by atoms with Crippen molar-refractivity contribution < 1.29 is 13.2 Å². The number of amides is 1. The third kappa shape index (κ3) is 4.85. The number of hydrogen-bond donors (Lipinski definition) is 1. The molecule has 6 nitrogen and oxygen atoms in total. The zero-order chi connectivity index (χ0) is 18.4. The molecule has 132 valence electrons. The fraction of sp³-hybridized carbons (Fsp3) is 0.500. The molecule has 24 heavy (non-hydrogen) atoms. The Labute approximate surface area is 150 Å². The number of rotatable bonds is 5. The van der Waals surface area contributed by atoms with Gasteiger partial charge in [-0.1, -0.05) is 19.1 Å². The van der Waals surface area contributed by atoms with Crippen LogP contribution in [0.1, 0.15) is 44.2 Å². The maximum absolute atomic E-state index is 12.9. The van der Waals surface area contributed by atoms with E-state index in [0.717, 1.165) is 12.0 Å². The highest BCUT2D eigenvalue weighted by Crippen LogP contribution is 2.27. The minimum atomic E-state index is -2.54.